The van der Waals surface area contributed by atoms with Gasteiger partial charge in [-0.25, -0.2) is 0 Å². The number of nitriles is 1. The van der Waals surface area contributed by atoms with Crippen LogP contribution in [0.15, 0.2) is 23.4 Å². The zero-order valence-corrected chi connectivity index (χ0v) is 10.1. The van der Waals surface area contributed by atoms with Crippen molar-refractivity contribution in [2.45, 2.75) is 13.3 Å². The molecule has 0 unspecified atom stereocenters. The molecule has 2 N–H and O–H groups in total. The van der Waals surface area contributed by atoms with E-state index in [1.165, 1.54) is 10.7 Å². The van der Waals surface area contributed by atoms with E-state index in [1.807, 2.05) is 13.0 Å². The van der Waals surface area contributed by atoms with Gasteiger partial charge in [-0.15, -0.1) is 0 Å². The number of nitrogens with zero attached hydrogens (tertiary/aromatic N) is 4. The molecule has 3 aromatic heterocycles. The van der Waals surface area contributed by atoms with Crippen LogP contribution in [0.3, 0.4) is 0 Å². The minimum Gasteiger partial charge on any atom is -0.338 e. The molecule has 0 aliphatic heterocycles. The van der Waals surface area contributed by atoms with Crippen LogP contribution in [-0.4, -0.2) is 24.8 Å². The van der Waals surface area contributed by atoms with E-state index in [0.717, 1.165) is 5.56 Å². The van der Waals surface area contributed by atoms with E-state index in [-0.39, 0.29) is 5.56 Å². The standard InChI is InChI=1S/C12H10N6O/c1-2-9-10(8-4-14-15-5-8)17-11-7(3-13)6-16-18(11)12(9)19/h4-6,17H,2H2,1H3,(H,14,15). The van der Waals surface area contributed by atoms with Crippen LogP contribution in [0.2, 0.25) is 0 Å². The third-order valence-electron chi connectivity index (χ3n) is 3.03. The van der Waals surface area contributed by atoms with Gasteiger partial charge in [0.05, 0.1) is 18.1 Å². The predicted molar refractivity (Wildman–Crippen MR) is 67.5 cm³/mol. The zero-order valence-electron chi connectivity index (χ0n) is 10.1. The summed E-state index contributed by atoms with van der Waals surface area (Å²) in [4.78, 5) is 15.5. The van der Waals surface area contributed by atoms with Crippen molar-refractivity contribution in [1.29, 1.82) is 5.26 Å². The SMILES string of the molecule is CCc1c(-c2cn[nH]c2)[nH]c2c(C#N)cnn2c1=O. The fourth-order valence-corrected chi connectivity index (χ4v) is 2.10. The molecule has 0 amide bonds. The van der Waals surface area contributed by atoms with E-state index in [1.54, 1.807) is 12.4 Å². The van der Waals surface area contributed by atoms with Crippen LogP contribution in [0.25, 0.3) is 16.9 Å². The fraction of sp³-hybridized carbons (Fsp3) is 0.167. The van der Waals surface area contributed by atoms with Crippen molar-refractivity contribution in [3.8, 4) is 17.3 Å². The second-order valence-corrected chi connectivity index (χ2v) is 4.05. The van der Waals surface area contributed by atoms with Gasteiger partial charge < -0.3 is 4.98 Å². The number of aromatic nitrogens is 5. The Bertz CT molecular complexity index is 834. The maximum atomic E-state index is 12.3. The number of hydrogen-bond donors (Lipinski definition) is 2. The molecule has 19 heavy (non-hydrogen) atoms. The van der Waals surface area contributed by atoms with Gasteiger partial charge >= 0.3 is 0 Å². The lowest BCUT2D eigenvalue weighted by molar-refractivity contribution is 0.870. The lowest BCUT2D eigenvalue weighted by atomic mass is 10.1. The molecule has 7 heteroatoms. The molecule has 0 saturated carbocycles. The van der Waals surface area contributed by atoms with E-state index in [2.05, 4.69) is 20.3 Å². The molecular weight excluding hydrogens is 244 g/mol. The van der Waals surface area contributed by atoms with Crippen molar-refractivity contribution in [1.82, 2.24) is 24.8 Å². The van der Waals surface area contributed by atoms with Crippen LogP contribution in [0.5, 0.6) is 0 Å². The summed E-state index contributed by atoms with van der Waals surface area (Å²) in [7, 11) is 0. The molecule has 0 fully saturated rings. The van der Waals surface area contributed by atoms with E-state index in [0.29, 0.717) is 28.9 Å². The molecule has 0 bridgehead atoms. The monoisotopic (exact) mass is 254 g/mol. The van der Waals surface area contributed by atoms with Crippen LogP contribution in [-0.2, 0) is 6.42 Å². The summed E-state index contributed by atoms with van der Waals surface area (Å²) < 4.78 is 1.22. The third kappa shape index (κ3) is 1.54. The lowest BCUT2D eigenvalue weighted by Gasteiger charge is -2.06. The van der Waals surface area contributed by atoms with Gasteiger partial charge in [-0.1, -0.05) is 6.92 Å². The fourth-order valence-electron chi connectivity index (χ4n) is 2.10. The smallest absolute Gasteiger partial charge is 0.278 e. The summed E-state index contributed by atoms with van der Waals surface area (Å²) in [6.45, 7) is 1.90. The predicted octanol–water partition coefficient (Wildman–Crippen LogP) is 0.847. The minimum absolute atomic E-state index is 0.214. The first-order chi connectivity index (χ1) is 9.26. The van der Waals surface area contributed by atoms with Gasteiger partial charge in [0.15, 0.2) is 5.65 Å². The number of hydrogen-bond acceptors (Lipinski definition) is 4. The van der Waals surface area contributed by atoms with Crippen molar-refractivity contribution < 1.29 is 0 Å². The zero-order chi connectivity index (χ0) is 13.4. The number of nitrogens with one attached hydrogen (secondary N) is 2. The van der Waals surface area contributed by atoms with Crippen LogP contribution in [0.1, 0.15) is 18.1 Å². The largest absolute Gasteiger partial charge is 0.338 e. The van der Waals surface area contributed by atoms with Crippen LogP contribution >= 0.6 is 0 Å². The Kier molecular flexibility index (Phi) is 2.42. The first-order valence-corrected chi connectivity index (χ1v) is 5.78. The molecule has 0 aliphatic carbocycles. The van der Waals surface area contributed by atoms with Gasteiger partial charge in [-0.2, -0.15) is 20.0 Å². The summed E-state index contributed by atoms with van der Waals surface area (Å²) in [5.74, 6) is 0. The highest BCUT2D eigenvalue weighted by atomic mass is 16.1. The van der Waals surface area contributed by atoms with Gasteiger partial charge in [-0.05, 0) is 6.42 Å². The molecule has 3 aromatic rings. The average molecular weight is 254 g/mol. The summed E-state index contributed by atoms with van der Waals surface area (Å²) >= 11 is 0. The Labute approximate surface area is 107 Å². The molecule has 0 saturated heterocycles. The summed E-state index contributed by atoms with van der Waals surface area (Å²) in [6.07, 6.45) is 5.27. The Morgan fingerprint density at radius 1 is 1.47 bits per heavy atom. The minimum atomic E-state index is -0.214. The van der Waals surface area contributed by atoms with E-state index in [4.69, 9.17) is 5.26 Å². The molecule has 0 spiro atoms. The maximum absolute atomic E-state index is 12.3. The van der Waals surface area contributed by atoms with Crippen molar-refractivity contribution in [3.05, 3.63) is 40.1 Å². The normalized spacial score (nSPS) is 10.7. The highest BCUT2D eigenvalue weighted by molar-refractivity contribution is 5.66. The highest BCUT2D eigenvalue weighted by Gasteiger charge is 2.15. The number of H-pyrrole nitrogens is 2. The summed E-state index contributed by atoms with van der Waals surface area (Å²) in [5, 5.41) is 19.6. The molecule has 7 nitrogen and oxygen atoms in total. The van der Waals surface area contributed by atoms with Gasteiger partial charge in [-0.3, -0.25) is 9.89 Å². The average Bonchev–Trinajstić information content (AvgIpc) is 3.07. The molecule has 3 heterocycles. The van der Waals surface area contributed by atoms with Gasteiger partial charge in [0.2, 0.25) is 0 Å². The maximum Gasteiger partial charge on any atom is 0.278 e. The second kappa shape index (κ2) is 4.10. The lowest BCUT2D eigenvalue weighted by Crippen LogP contribution is -2.21. The van der Waals surface area contributed by atoms with Crippen molar-refractivity contribution in [3.63, 3.8) is 0 Å². The van der Waals surface area contributed by atoms with E-state index >= 15 is 0 Å². The molecule has 0 atom stereocenters. The number of aromatic amines is 2. The van der Waals surface area contributed by atoms with Crippen LogP contribution < -0.4 is 5.56 Å². The molecule has 94 valence electrons. The van der Waals surface area contributed by atoms with E-state index < -0.39 is 0 Å². The van der Waals surface area contributed by atoms with Crippen molar-refractivity contribution >= 4 is 5.65 Å². The molecule has 0 radical (unpaired) electrons. The number of fused-ring (bicyclic) bond motifs is 1. The van der Waals surface area contributed by atoms with Crippen molar-refractivity contribution in [2.75, 3.05) is 0 Å². The summed E-state index contributed by atoms with van der Waals surface area (Å²) in [6, 6.07) is 2.01. The van der Waals surface area contributed by atoms with Crippen molar-refractivity contribution in [2.24, 2.45) is 0 Å². The second-order valence-electron chi connectivity index (χ2n) is 4.05. The molecule has 3 rings (SSSR count). The van der Waals surface area contributed by atoms with Gasteiger partial charge in [0.25, 0.3) is 5.56 Å². The van der Waals surface area contributed by atoms with Crippen LogP contribution in [0.4, 0.5) is 0 Å². The highest BCUT2D eigenvalue weighted by Crippen LogP contribution is 2.20. The third-order valence-corrected chi connectivity index (χ3v) is 3.03. The van der Waals surface area contributed by atoms with Gasteiger partial charge in [0.1, 0.15) is 11.6 Å². The number of rotatable bonds is 2. The Hall–Kier alpha value is -2.88. The molecule has 0 aromatic carbocycles. The molecular formula is C12H10N6O. The van der Waals surface area contributed by atoms with Crippen LogP contribution in [0, 0.1) is 11.3 Å². The first kappa shape index (κ1) is 11.2. The van der Waals surface area contributed by atoms with E-state index in [9.17, 15) is 4.79 Å². The van der Waals surface area contributed by atoms with Gasteiger partial charge in [0, 0.05) is 17.3 Å². The Morgan fingerprint density at radius 3 is 2.95 bits per heavy atom. The summed E-state index contributed by atoms with van der Waals surface area (Å²) in [5.41, 5.74) is 2.59. The Morgan fingerprint density at radius 2 is 2.32 bits per heavy atom. The Balaban J connectivity index is 2.44. The topological polar surface area (TPSA) is 103 Å². The molecule has 0 aliphatic rings. The quantitative estimate of drug-likeness (QED) is 0.707. The first-order valence-electron chi connectivity index (χ1n) is 5.78.